The first-order valence-corrected chi connectivity index (χ1v) is 6.38. The van der Waals surface area contributed by atoms with Crippen molar-refractivity contribution < 1.29 is 9.47 Å². The molecule has 1 aromatic heterocycles. The van der Waals surface area contributed by atoms with Crippen molar-refractivity contribution in [1.29, 1.82) is 0 Å². The summed E-state index contributed by atoms with van der Waals surface area (Å²) in [6.45, 7) is 0.141. The predicted molar refractivity (Wildman–Crippen MR) is 76.3 cm³/mol. The first-order chi connectivity index (χ1) is 10.2. The molecular formula is C15H10N2O4. The van der Waals surface area contributed by atoms with E-state index in [9.17, 15) is 9.59 Å². The zero-order chi connectivity index (χ0) is 14.4. The van der Waals surface area contributed by atoms with E-state index < -0.39 is 5.69 Å². The number of ether oxygens (including phenoxy) is 2. The Morgan fingerprint density at radius 3 is 2.71 bits per heavy atom. The highest BCUT2D eigenvalue weighted by atomic mass is 16.7. The van der Waals surface area contributed by atoms with Gasteiger partial charge in [0.15, 0.2) is 11.5 Å². The lowest BCUT2D eigenvalue weighted by atomic mass is 10.2. The number of nitrogens with zero attached hydrogens (tertiary/aromatic N) is 1. The van der Waals surface area contributed by atoms with Gasteiger partial charge >= 0.3 is 5.69 Å². The largest absolute Gasteiger partial charge is 0.454 e. The lowest BCUT2D eigenvalue weighted by molar-refractivity contribution is 0.174. The van der Waals surface area contributed by atoms with Crippen LogP contribution in [0.25, 0.3) is 16.6 Å². The van der Waals surface area contributed by atoms with E-state index in [2.05, 4.69) is 4.98 Å². The van der Waals surface area contributed by atoms with Crippen LogP contribution in [0.2, 0.25) is 0 Å². The molecule has 0 bridgehead atoms. The molecule has 0 fully saturated rings. The maximum absolute atomic E-state index is 12.5. The number of para-hydroxylation sites is 1. The molecule has 2 aromatic carbocycles. The quantitative estimate of drug-likeness (QED) is 0.732. The Balaban J connectivity index is 2.03. The Bertz CT molecular complexity index is 971. The second-order valence-electron chi connectivity index (χ2n) is 4.65. The molecule has 6 heteroatoms. The van der Waals surface area contributed by atoms with Gasteiger partial charge in [-0.2, -0.15) is 0 Å². The molecule has 2 heterocycles. The van der Waals surface area contributed by atoms with Gasteiger partial charge in [0.1, 0.15) is 0 Å². The van der Waals surface area contributed by atoms with Crippen LogP contribution in [0, 0.1) is 0 Å². The van der Waals surface area contributed by atoms with Gasteiger partial charge in [0.05, 0.1) is 16.6 Å². The number of hydrogen-bond donors (Lipinski definition) is 1. The molecule has 1 aliphatic heterocycles. The van der Waals surface area contributed by atoms with E-state index in [1.54, 1.807) is 42.5 Å². The molecule has 0 aliphatic carbocycles. The lowest BCUT2D eigenvalue weighted by Crippen LogP contribution is -2.33. The summed E-state index contributed by atoms with van der Waals surface area (Å²) in [5.74, 6) is 1.12. The molecular weight excluding hydrogens is 272 g/mol. The summed E-state index contributed by atoms with van der Waals surface area (Å²) in [6.07, 6.45) is 0. The first-order valence-electron chi connectivity index (χ1n) is 6.38. The number of benzene rings is 2. The van der Waals surface area contributed by atoms with E-state index in [0.717, 1.165) is 4.57 Å². The van der Waals surface area contributed by atoms with E-state index in [0.29, 0.717) is 28.1 Å². The standard InChI is InChI=1S/C15H10N2O4/c18-14-10-3-1-2-4-11(10)16-15(19)17(14)9-5-6-12-13(7-9)21-8-20-12/h1-7H,8H2,(H,16,19). The predicted octanol–water partition coefficient (Wildman–Crippen LogP) is 1.41. The zero-order valence-corrected chi connectivity index (χ0v) is 10.8. The molecule has 104 valence electrons. The highest BCUT2D eigenvalue weighted by Gasteiger charge is 2.16. The molecule has 3 aromatic rings. The number of hydrogen-bond acceptors (Lipinski definition) is 4. The van der Waals surface area contributed by atoms with Crippen LogP contribution in [0.3, 0.4) is 0 Å². The Labute approximate surface area is 118 Å². The monoisotopic (exact) mass is 282 g/mol. The minimum atomic E-state index is -0.488. The molecule has 0 saturated heterocycles. The highest BCUT2D eigenvalue weighted by Crippen LogP contribution is 2.33. The number of fused-ring (bicyclic) bond motifs is 2. The van der Waals surface area contributed by atoms with Gasteiger partial charge in [0.2, 0.25) is 6.79 Å². The Kier molecular flexibility index (Phi) is 2.38. The summed E-state index contributed by atoms with van der Waals surface area (Å²) < 4.78 is 11.6. The van der Waals surface area contributed by atoms with Crippen molar-refractivity contribution >= 4 is 10.9 Å². The molecule has 0 spiro atoms. The van der Waals surface area contributed by atoms with E-state index in [4.69, 9.17) is 9.47 Å². The van der Waals surface area contributed by atoms with E-state index in [1.165, 1.54) is 0 Å². The van der Waals surface area contributed by atoms with Crippen LogP contribution in [0.15, 0.2) is 52.1 Å². The normalized spacial score (nSPS) is 12.8. The van der Waals surface area contributed by atoms with Gasteiger partial charge in [-0.05, 0) is 24.3 Å². The van der Waals surface area contributed by atoms with Gasteiger partial charge in [-0.3, -0.25) is 4.79 Å². The van der Waals surface area contributed by atoms with Crippen molar-refractivity contribution in [2.45, 2.75) is 0 Å². The summed E-state index contributed by atoms with van der Waals surface area (Å²) in [5, 5.41) is 0.453. The zero-order valence-electron chi connectivity index (χ0n) is 10.8. The fourth-order valence-electron chi connectivity index (χ4n) is 2.42. The average Bonchev–Trinajstić information content (AvgIpc) is 2.95. The maximum Gasteiger partial charge on any atom is 0.333 e. The van der Waals surface area contributed by atoms with Gasteiger partial charge < -0.3 is 14.5 Å². The van der Waals surface area contributed by atoms with Gasteiger partial charge in [-0.25, -0.2) is 9.36 Å². The third kappa shape index (κ3) is 1.73. The smallest absolute Gasteiger partial charge is 0.333 e. The first kappa shape index (κ1) is 11.8. The topological polar surface area (TPSA) is 73.3 Å². The summed E-state index contributed by atoms with van der Waals surface area (Å²) in [5.41, 5.74) is 0.103. The second kappa shape index (κ2) is 4.24. The van der Waals surface area contributed by atoms with Crippen LogP contribution in [0.1, 0.15) is 0 Å². The fourth-order valence-corrected chi connectivity index (χ4v) is 2.42. The minimum absolute atomic E-state index is 0.141. The average molecular weight is 282 g/mol. The van der Waals surface area contributed by atoms with E-state index in [1.807, 2.05) is 0 Å². The van der Waals surface area contributed by atoms with Crippen LogP contribution in [0.4, 0.5) is 0 Å². The van der Waals surface area contributed by atoms with Crippen molar-refractivity contribution in [2.24, 2.45) is 0 Å². The van der Waals surface area contributed by atoms with Crippen LogP contribution in [-0.4, -0.2) is 16.3 Å². The molecule has 1 N–H and O–H groups in total. The number of aromatic amines is 1. The van der Waals surface area contributed by atoms with Crippen LogP contribution < -0.4 is 20.7 Å². The third-order valence-electron chi connectivity index (χ3n) is 3.42. The number of nitrogens with one attached hydrogen (secondary N) is 1. The lowest BCUT2D eigenvalue weighted by Gasteiger charge is -2.07. The van der Waals surface area contributed by atoms with Crippen LogP contribution >= 0.6 is 0 Å². The maximum atomic E-state index is 12.5. The van der Waals surface area contributed by atoms with Crippen molar-refractivity contribution in [1.82, 2.24) is 9.55 Å². The molecule has 0 radical (unpaired) electrons. The highest BCUT2D eigenvalue weighted by molar-refractivity contribution is 5.77. The Morgan fingerprint density at radius 2 is 1.81 bits per heavy atom. The minimum Gasteiger partial charge on any atom is -0.454 e. The molecule has 21 heavy (non-hydrogen) atoms. The van der Waals surface area contributed by atoms with Gasteiger partial charge in [0.25, 0.3) is 5.56 Å². The van der Waals surface area contributed by atoms with Gasteiger partial charge in [-0.15, -0.1) is 0 Å². The van der Waals surface area contributed by atoms with Crippen LogP contribution in [-0.2, 0) is 0 Å². The molecule has 4 rings (SSSR count). The Hall–Kier alpha value is -3.02. The summed E-state index contributed by atoms with van der Waals surface area (Å²) in [6, 6.07) is 11.8. The third-order valence-corrected chi connectivity index (χ3v) is 3.42. The van der Waals surface area contributed by atoms with Crippen molar-refractivity contribution in [2.75, 3.05) is 6.79 Å². The molecule has 6 nitrogen and oxygen atoms in total. The van der Waals surface area contributed by atoms with Crippen molar-refractivity contribution in [3.8, 4) is 17.2 Å². The SMILES string of the molecule is O=c1[nH]c2ccccc2c(=O)n1-c1ccc2c(c1)OCO2. The molecule has 0 unspecified atom stereocenters. The van der Waals surface area contributed by atoms with Gasteiger partial charge in [0, 0.05) is 6.07 Å². The number of aromatic nitrogens is 2. The number of H-pyrrole nitrogens is 1. The fraction of sp³-hybridized carbons (Fsp3) is 0.0667. The number of rotatable bonds is 1. The molecule has 0 atom stereocenters. The summed E-state index contributed by atoms with van der Waals surface area (Å²) in [4.78, 5) is 27.4. The Morgan fingerprint density at radius 1 is 1.00 bits per heavy atom. The molecule has 1 aliphatic rings. The van der Waals surface area contributed by atoms with E-state index in [-0.39, 0.29) is 12.4 Å². The molecule has 0 amide bonds. The molecule has 0 saturated carbocycles. The van der Waals surface area contributed by atoms with Crippen molar-refractivity contribution in [3.63, 3.8) is 0 Å². The summed E-state index contributed by atoms with van der Waals surface area (Å²) in [7, 11) is 0. The summed E-state index contributed by atoms with van der Waals surface area (Å²) >= 11 is 0. The second-order valence-corrected chi connectivity index (χ2v) is 4.65. The van der Waals surface area contributed by atoms with Crippen LogP contribution in [0.5, 0.6) is 11.5 Å². The van der Waals surface area contributed by atoms with Gasteiger partial charge in [-0.1, -0.05) is 12.1 Å². The van der Waals surface area contributed by atoms with E-state index >= 15 is 0 Å². The van der Waals surface area contributed by atoms with Crippen molar-refractivity contribution in [3.05, 3.63) is 63.3 Å².